The van der Waals surface area contributed by atoms with Gasteiger partial charge in [-0.1, -0.05) is 35.9 Å². The van der Waals surface area contributed by atoms with Crippen molar-refractivity contribution in [2.24, 2.45) is 0 Å². The molecule has 0 amide bonds. The number of fused-ring (bicyclic) bond motifs is 1. The molecule has 0 atom stereocenters. The molecule has 0 bridgehead atoms. The molecule has 4 aromatic rings. The average molecular weight is 406 g/mol. The third-order valence-electron chi connectivity index (χ3n) is 4.17. The summed E-state index contributed by atoms with van der Waals surface area (Å²) >= 11 is 6.26. The zero-order chi connectivity index (χ0) is 19.9. The number of hydrogen-bond donors (Lipinski definition) is 1. The first-order valence-corrected chi connectivity index (χ1v) is 8.58. The fraction of sp³-hybridized carbons (Fsp3) is 0.0500. The number of halogens is 5. The van der Waals surface area contributed by atoms with Crippen LogP contribution in [0.25, 0.3) is 16.9 Å². The van der Waals surface area contributed by atoms with Crippen molar-refractivity contribution in [3.05, 3.63) is 83.3 Å². The van der Waals surface area contributed by atoms with Crippen LogP contribution in [0.3, 0.4) is 0 Å². The predicted octanol–water partition coefficient (Wildman–Crippen LogP) is 6.56. The van der Waals surface area contributed by atoms with Crippen LogP contribution in [0.2, 0.25) is 5.02 Å². The lowest BCUT2D eigenvalue weighted by Crippen LogP contribution is -2.12. The van der Waals surface area contributed by atoms with Crippen molar-refractivity contribution < 1.29 is 17.6 Å². The highest BCUT2D eigenvalue weighted by atomic mass is 35.5. The van der Waals surface area contributed by atoms with E-state index in [0.29, 0.717) is 16.3 Å². The molecule has 0 saturated heterocycles. The molecule has 0 saturated carbocycles. The van der Waals surface area contributed by atoms with Gasteiger partial charge in [0.2, 0.25) is 0 Å². The molecular weight excluding hydrogens is 394 g/mol. The summed E-state index contributed by atoms with van der Waals surface area (Å²) < 4.78 is 55.1. The van der Waals surface area contributed by atoms with Crippen LogP contribution in [0, 0.1) is 5.82 Å². The van der Waals surface area contributed by atoms with Crippen LogP contribution in [0.5, 0.6) is 0 Å². The van der Waals surface area contributed by atoms with Gasteiger partial charge in [0.25, 0.3) is 0 Å². The normalized spacial score (nSPS) is 11.8. The van der Waals surface area contributed by atoms with Gasteiger partial charge in [0.1, 0.15) is 28.7 Å². The quantitative estimate of drug-likeness (QED) is 0.391. The van der Waals surface area contributed by atoms with Crippen LogP contribution >= 0.6 is 11.6 Å². The van der Waals surface area contributed by atoms with Crippen LogP contribution in [0.15, 0.2) is 66.7 Å². The fourth-order valence-electron chi connectivity index (χ4n) is 2.94. The Bertz CT molecular complexity index is 1150. The van der Waals surface area contributed by atoms with Gasteiger partial charge in [-0.15, -0.1) is 0 Å². The molecule has 0 spiro atoms. The van der Waals surface area contributed by atoms with Gasteiger partial charge in [0.15, 0.2) is 0 Å². The number of rotatable bonds is 3. The standard InChI is InChI=1S/C20H12ClF4N3/c21-15-5-2-1-4-14(15)18-19(26-13-10-8-12(22)9-11-13)28-16(20(23,24)25)6-3-7-17(28)27-18/h1-11,26H. The summed E-state index contributed by atoms with van der Waals surface area (Å²) in [7, 11) is 0. The summed E-state index contributed by atoms with van der Waals surface area (Å²) in [6, 6.07) is 15.8. The molecule has 0 aliphatic carbocycles. The number of hydrogen-bond acceptors (Lipinski definition) is 2. The second-order valence-corrected chi connectivity index (χ2v) is 6.43. The molecule has 4 rings (SSSR count). The van der Waals surface area contributed by atoms with Crippen LogP contribution in [0.1, 0.15) is 5.69 Å². The van der Waals surface area contributed by atoms with Crippen LogP contribution < -0.4 is 5.32 Å². The molecule has 3 nitrogen and oxygen atoms in total. The number of aromatic nitrogens is 2. The van der Waals surface area contributed by atoms with E-state index in [1.807, 2.05) is 0 Å². The van der Waals surface area contributed by atoms with E-state index >= 15 is 0 Å². The number of benzene rings is 2. The Morgan fingerprint density at radius 3 is 2.29 bits per heavy atom. The van der Waals surface area contributed by atoms with Gasteiger partial charge in [-0.25, -0.2) is 9.37 Å². The largest absolute Gasteiger partial charge is 0.431 e. The highest BCUT2D eigenvalue weighted by Gasteiger charge is 2.35. The van der Waals surface area contributed by atoms with Crippen LogP contribution in [-0.2, 0) is 6.18 Å². The second kappa shape index (κ2) is 6.83. The van der Waals surface area contributed by atoms with Crippen molar-refractivity contribution in [1.29, 1.82) is 0 Å². The molecule has 1 N–H and O–H groups in total. The molecular formula is C20H12ClF4N3. The van der Waals surface area contributed by atoms with Gasteiger partial charge in [-0.3, -0.25) is 4.40 Å². The maximum absolute atomic E-state index is 13.6. The molecule has 8 heteroatoms. The second-order valence-electron chi connectivity index (χ2n) is 6.02. The lowest BCUT2D eigenvalue weighted by Gasteiger charge is -2.14. The minimum Gasteiger partial charge on any atom is -0.339 e. The average Bonchev–Trinajstić information content (AvgIpc) is 3.01. The zero-order valence-corrected chi connectivity index (χ0v) is 14.9. The minimum atomic E-state index is -4.60. The van der Waals surface area contributed by atoms with Gasteiger partial charge < -0.3 is 5.32 Å². The summed E-state index contributed by atoms with van der Waals surface area (Å²) in [4.78, 5) is 4.37. The van der Waals surface area contributed by atoms with Crippen molar-refractivity contribution in [3.8, 4) is 11.3 Å². The predicted molar refractivity (Wildman–Crippen MR) is 100 cm³/mol. The number of nitrogens with zero attached hydrogens (tertiary/aromatic N) is 2. The highest BCUT2D eigenvalue weighted by Crippen LogP contribution is 2.39. The SMILES string of the molecule is Fc1ccc(Nc2c(-c3ccccc3Cl)nc3cccc(C(F)(F)F)n23)cc1. The first kappa shape index (κ1) is 18.3. The molecule has 2 aromatic carbocycles. The van der Waals surface area contributed by atoms with Gasteiger partial charge in [0.05, 0.1) is 5.02 Å². The summed E-state index contributed by atoms with van der Waals surface area (Å²) in [5.74, 6) is -0.367. The minimum absolute atomic E-state index is 0.0858. The van der Waals surface area contributed by atoms with Crippen molar-refractivity contribution in [1.82, 2.24) is 9.38 Å². The van der Waals surface area contributed by atoms with E-state index in [1.54, 1.807) is 24.3 Å². The lowest BCUT2D eigenvalue weighted by atomic mass is 10.1. The Morgan fingerprint density at radius 1 is 0.893 bits per heavy atom. The van der Waals surface area contributed by atoms with E-state index < -0.39 is 17.7 Å². The Morgan fingerprint density at radius 2 is 1.61 bits per heavy atom. The van der Waals surface area contributed by atoms with E-state index in [-0.39, 0.29) is 17.2 Å². The number of nitrogens with one attached hydrogen (secondary N) is 1. The van der Waals surface area contributed by atoms with Crippen LogP contribution in [0.4, 0.5) is 29.1 Å². The highest BCUT2D eigenvalue weighted by molar-refractivity contribution is 6.33. The molecule has 0 unspecified atom stereocenters. The van der Waals surface area contributed by atoms with E-state index in [2.05, 4.69) is 10.3 Å². The molecule has 2 aromatic heterocycles. The summed E-state index contributed by atoms with van der Waals surface area (Å²) in [5.41, 5.74) is 0.362. The molecule has 0 fully saturated rings. The lowest BCUT2D eigenvalue weighted by molar-refractivity contribution is -0.141. The molecule has 0 radical (unpaired) electrons. The van der Waals surface area contributed by atoms with Gasteiger partial charge in [0, 0.05) is 11.3 Å². The van der Waals surface area contributed by atoms with E-state index in [0.717, 1.165) is 10.5 Å². The molecule has 28 heavy (non-hydrogen) atoms. The number of pyridine rings is 1. The third kappa shape index (κ3) is 3.29. The molecule has 2 heterocycles. The summed E-state index contributed by atoms with van der Waals surface area (Å²) in [5, 5.41) is 3.28. The topological polar surface area (TPSA) is 29.3 Å². The first-order chi connectivity index (χ1) is 13.3. The maximum atomic E-state index is 13.6. The summed E-state index contributed by atoms with van der Waals surface area (Å²) in [6.45, 7) is 0. The van der Waals surface area contributed by atoms with Gasteiger partial charge >= 0.3 is 6.18 Å². The Hall–Kier alpha value is -3.06. The maximum Gasteiger partial charge on any atom is 0.431 e. The number of anilines is 2. The third-order valence-corrected chi connectivity index (χ3v) is 4.50. The fourth-order valence-corrected chi connectivity index (χ4v) is 3.17. The van der Waals surface area contributed by atoms with Crippen LogP contribution in [-0.4, -0.2) is 9.38 Å². The van der Waals surface area contributed by atoms with Crippen molar-refractivity contribution in [3.63, 3.8) is 0 Å². The zero-order valence-electron chi connectivity index (χ0n) is 14.1. The Labute approximate surface area is 162 Å². The number of alkyl halides is 3. The molecule has 142 valence electrons. The number of imidazole rings is 1. The van der Waals surface area contributed by atoms with Crippen molar-refractivity contribution in [2.45, 2.75) is 6.18 Å². The Kier molecular flexibility index (Phi) is 4.47. The first-order valence-electron chi connectivity index (χ1n) is 8.21. The van der Waals surface area contributed by atoms with Gasteiger partial charge in [-0.2, -0.15) is 13.2 Å². The van der Waals surface area contributed by atoms with Crippen molar-refractivity contribution >= 4 is 28.8 Å². The molecule has 0 aliphatic rings. The Balaban J connectivity index is 2.01. The van der Waals surface area contributed by atoms with Gasteiger partial charge in [-0.05, 0) is 42.5 Å². The molecule has 0 aliphatic heterocycles. The van der Waals surface area contributed by atoms with E-state index in [9.17, 15) is 17.6 Å². The summed E-state index contributed by atoms with van der Waals surface area (Å²) in [6.07, 6.45) is -4.60. The van der Waals surface area contributed by atoms with Crippen molar-refractivity contribution in [2.75, 3.05) is 5.32 Å². The van der Waals surface area contributed by atoms with E-state index in [1.165, 1.54) is 36.4 Å². The smallest absolute Gasteiger partial charge is 0.339 e. The van der Waals surface area contributed by atoms with E-state index in [4.69, 9.17) is 11.6 Å². The monoisotopic (exact) mass is 405 g/mol.